The maximum Gasteiger partial charge on any atom is 0.405 e. The summed E-state index contributed by atoms with van der Waals surface area (Å²) in [6, 6.07) is 3.81. The van der Waals surface area contributed by atoms with Crippen LogP contribution in [0.3, 0.4) is 0 Å². The molecule has 4 heterocycles. The Hall–Kier alpha value is -2.98. The van der Waals surface area contributed by atoms with Gasteiger partial charge in [0.2, 0.25) is 5.91 Å². The smallest absolute Gasteiger partial charge is 0.346 e. The molecule has 1 fully saturated rings. The zero-order valence-electron chi connectivity index (χ0n) is 19.2. The van der Waals surface area contributed by atoms with Crippen LogP contribution in [-0.4, -0.2) is 51.6 Å². The van der Waals surface area contributed by atoms with Crippen LogP contribution in [0.1, 0.15) is 37.8 Å². The predicted molar refractivity (Wildman–Crippen MR) is 124 cm³/mol. The molecule has 0 aromatic carbocycles. The number of amides is 1. The first-order valence-corrected chi connectivity index (χ1v) is 11.4. The Morgan fingerprint density at radius 2 is 1.94 bits per heavy atom. The summed E-state index contributed by atoms with van der Waals surface area (Å²) in [5.41, 5.74) is 8.45. The number of nitrogens with two attached hydrogens (primary N) is 1. The predicted octanol–water partition coefficient (Wildman–Crippen LogP) is 3.71. The highest BCUT2D eigenvalue weighted by Gasteiger charge is 2.41. The Balaban J connectivity index is 1.67. The monoisotopic (exact) mass is 474 g/mol. The van der Waals surface area contributed by atoms with Crippen molar-refractivity contribution in [3.8, 4) is 11.1 Å². The zero-order valence-corrected chi connectivity index (χ0v) is 19.2. The van der Waals surface area contributed by atoms with Crippen molar-refractivity contribution >= 4 is 16.9 Å². The van der Waals surface area contributed by atoms with Gasteiger partial charge in [0.1, 0.15) is 17.7 Å². The number of carbonyl (C=O) groups excluding carboxylic acids is 1. The third-order valence-corrected chi connectivity index (χ3v) is 6.46. The largest absolute Gasteiger partial charge is 0.405 e. The first kappa shape index (κ1) is 24.2. The fraction of sp³-hybridized carbons (Fsp3) is 0.458. The molecule has 0 aliphatic carbocycles. The topological polar surface area (TPSA) is 99.9 Å². The standard InChI is InChI=1S/C24H29F3N6O/c1-15(2)24(28,22(34)32-14-23(25,26)27)18-8-17(10-29-11-18)20-12-31-21-19(20)7-16(9-30-21)13-33-5-3-4-6-33/h7-12,15H,3-6,13-14,28H2,1-2H3,(H,30,31)(H,32,34)/t24-/m0/s1. The number of nitrogens with zero attached hydrogens (tertiary/aromatic N) is 3. The molecule has 0 spiro atoms. The lowest BCUT2D eigenvalue weighted by Crippen LogP contribution is -2.56. The molecule has 4 rings (SSSR count). The molecule has 0 bridgehead atoms. The minimum Gasteiger partial charge on any atom is -0.346 e. The molecule has 1 aliphatic heterocycles. The Morgan fingerprint density at radius 1 is 1.21 bits per heavy atom. The van der Waals surface area contributed by atoms with E-state index < -0.39 is 30.1 Å². The molecule has 7 nitrogen and oxygen atoms in total. The van der Waals surface area contributed by atoms with E-state index in [1.54, 1.807) is 26.1 Å². The summed E-state index contributed by atoms with van der Waals surface area (Å²) in [7, 11) is 0. The number of alkyl halides is 3. The van der Waals surface area contributed by atoms with Crippen LogP contribution in [0.2, 0.25) is 0 Å². The van der Waals surface area contributed by atoms with Crippen molar-refractivity contribution in [2.45, 2.75) is 44.9 Å². The Morgan fingerprint density at radius 3 is 2.62 bits per heavy atom. The minimum atomic E-state index is -4.53. The third-order valence-electron chi connectivity index (χ3n) is 6.46. The van der Waals surface area contributed by atoms with E-state index in [-0.39, 0.29) is 0 Å². The number of pyridine rings is 2. The van der Waals surface area contributed by atoms with Crippen molar-refractivity contribution < 1.29 is 18.0 Å². The summed E-state index contributed by atoms with van der Waals surface area (Å²) < 4.78 is 38.1. The molecule has 1 atom stereocenters. The molecule has 1 saturated heterocycles. The summed E-state index contributed by atoms with van der Waals surface area (Å²) in [6.45, 7) is 4.92. The van der Waals surface area contributed by atoms with Crippen LogP contribution in [0.4, 0.5) is 13.2 Å². The number of carbonyl (C=O) groups is 1. The van der Waals surface area contributed by atoms with Gasteiger partial charge in [-0.1, -0.05) is 13.8 Å². The van der Waals surface area contributed by atoms with E-state index >= 15 is 0 Å². The second kappa shape index (κ2) is 9.34. The van der Waals surface area contributed by atoms with E-state index in [1.165, 1.54) is 19.0 Å². The number of nitrogens with one attached hydrogen (secondary N) is 2. The lowest BCUT2D eigenvalue weighted by atomic mass is 9.80. The van der Waals surface area contributed by atoms with Gasteiger partial charge in [0.05, 0.1) is 0 Å². The molecule has 4 N–H and O–H groups in total. The van der Waals surface area contributed by atoms with Crippen LogP contribution >= 0.6 is 0 Å². The number of rotatable bonds is 7. The molecule has 0 radical (unpaired) electrons. The first-order chi connectivity index (χ1) is 16.1. The van der Waals surface area contributed by atoms with Crippen LogP contribution in [0.25, 0.3) is 22.2 Å². The normalized spacial score (nSPS) is 16.8. The summed E-state index contributed by atoms with van der Waals surface area (Å²) in [5.74, 6) is -1.37. The number of hydrogen-bond donors (Lipinski definition) is 3. The van der Waals surface area contributed by atoms with E-state index in [9.17, 15) is 18.0 Å². The number of likely N-dealkylation sites (tertiary alicyclic amines) is 1. The number of halogens is 3. The number of fused-ring (bicyclic) bond motifs is 1. The molecule has 10 heteroatoms. The molecular weight excluding hydrogens is 445 g/mol. The number of aromatic amines is 1. The van der Waals surface area contributed by atoms with E-state index in [0.29, 0.717) is 11.1 Å². The summed E-state index contributed by atoms with van der Waals surface area (Å²) in [6.07, 6.45) is 4.64. The van der Waals surface area contributed by atoms with E-state index in [4.69, 9.17) is 5.73 Å². The summed E-state index contributed by atoms with van der Waals surface area (Å²) in [4.78, 5) is 27.2. The molecule has 1 amide bonds. The second-order valence-corrected chi connectivity index (χ2v) is 9.21. The van der Waals surface area contributed by atoms with Crippen molar-refractivity contribution in [3.05, 3.63) is 48.0 Å². The molecule has 34 heavy (non-hydrogen) atoms. The maximum absolute atomic E-state index is 12.8. The highest BCUT2D eigenvalue weighted by atomic mass is 19.4. The van der Waals surface area contributed by atoms with Crippen LogP contribution in [0.15, 0.2) is 36.9 Å². The number of aromatic nitrogens is 3. The van der Waals surface area contributed by atoms with Crippen LogP contribution < -0.4 is 11.1 Å². The van der Waals surface area contributed by atoms with E-state index in [0.717, 1.165) is 41.8 Å². The summed E-state index contributed by atoms with van der Waals surface area (Å²) >= 11 is 0. The van der Waals surface area contributed by atoms with Gasteiger partial charge in [-0.15, -0.1) is 0 Å². The minimum absolute atomic E-state index is 0.343. The Labute approximate surface area is 195 Å². The van der Waals surface area contributed by atoms with Crippen LogP contribution in [0, 0.1) is 5.92 Å². The number of H-pyrrole nitrogens is 1. The molecule has 3 aromatic heterocycles. The SMILES string of the molecule is CC(C)[C@@](N)(C(=O)NCC(F)(F)F)c1cncc(-c2c[nH]c3ncc(CN4CCCC4)cc23)c1. The van der Waals surface area contributed by atoms with Gasteiger partial charge in [-0.25, -0.2) is 4.98 Å². The molecule has 0 saturated carbocycles. The van der Waals surface area contributed by atoms with Gasteiger partial charge in [0.15, 0.2) is 0 Å². The molecular formula is C24H29F3N6O. The average molecular weight is 475 g/mol. The fourth-order valence-corrected chi connectivity index (χ4v) is 4.44. The number of hydrogen-bond acceptors (Lipinski definition) is 5. The van der Waals surface area contributed by atoms with Crippen molar-refractivity contribution in [2.75, 3.05) is 19.6 Å². The fourth-order valence-electron chi connectivity index (χ4n) is 4.44. The van der Waals surface area contributed by atoms with Crippen molar-refractivity contribution in [1.82, 2.24) is 25.2 Å². The van der Waals surface area contributed by atoms with Crippen molar-refractivity contribution in [2.24, 2.45) is 11.7 Å². The molecule has 0 unspecified atom stereocenters. The lowest BCUT2D eigenvalue weighted by Gasteiger charge is -2.32. The van der Waals surface area contributed by atoms with E-state index in [1.807, 2.05) is 17.7 Å². The Bertz CT molecular complexity index is 1170. The Kier molecular flexibility index (Phi) is 6.64. The zero-order chi connectivity index (χ0) is 24.5. The van der Waals surface area contributed by atoms with Gasteiger partial charge >= 0.3 is 6.18 Å². The van der Waals surface area contributed by atoms with Gasteiger partial charge in [0, 0.05) is 53.4 Å². The highest BCUT2D eigenvalue weighted by Crippen LogP contribution is 2.33. The van der Waals surface area contributed by atoms with Crippen molar-refractivity contribution in [3.63, 3.8) is 0 Å². The van der Waals surface area contributed by atoms with Crippen LogP contribution in [0.5, 0.6) is 0 Å². The maximum atomic E-state index is 12.8. The van der Waals surface area contributed by atoms with Crippen molar-refractivity contribution in [1.29, 1.82) is 0 Å². The molecule has 1 aliphatic rings. The lowest BCUT2D eigenvalue weighted by molar-refractivity contribution is -0.143. The quantitative estimate of drug-likeness (QED) is 0.485. The third kappa shape index (κ3) is 4.92. The second-order valence-electron chi connectivity index (χ2n) is 9.21. The van der Waals surface area contributed by atoms with Crippen LogP contribution in [-0.2, 0) is 16.9 Å². The molecule has 3 aromatic rings. The first-order valence-electron chi connectivity index (χ1n) is 11.4. The summed E-state index contributed by atoms with van der Waals surface area (Å²) in [5, 5.41) is 2.84. The van der Waals surface area contributed by atoms with Gasteiger partial charge in [-0.3, -0.25) is 14.7 Å². The average Bonchev–Trinajstić information content (AvgIpc) is 3.46. The van der Waals surface area contributed by atoms with Gasteiger partial charge in [-0.2, -0.15) is 13.2 Å². The van der Waals surface area contributed by atoms with E-state index in [2.05, 4.69) is 25.9 Å². The highest BCUT2D eigenvalue weighted by molar-refractivity contribution is 5.94. The van der Waals surface area contributed by atoms with Gasteiger partial charge in [0.25, 0.3) is 0 Å². The van der Waals surface area contributed by atoms with Gasteiger partial charge in [-0.05, 0) is 49.5 Å². The van der Waals surface area contributed by atoms with Gasteiger partial charge < -0.3 is 16.0 Å². The molecule has 182 valence electrons.